The first-order valence-electron chi connectivity index (χ1n) is 17.6. The van der Waals surface area contributed by atoms with Crippen LogP contribution >= 0.6 is 47.8 Å². The van der Waals surface area contributed by atoms with Crippen LogP contribution < -0.4 is 23.7 Å². The molecule has 0 spiro atoms. The number of methoxy groups -OCH3 is 2. The van der Waals surface area contributed by atoms with Crippen LogP contribution in [-0.2, 0) is 25.7 Å². The zero-order valence-electron chi connectivity index (χ0n) is 30.8. The Morgan fingerprint density at radius 3 is 1.55 bits per heavy atom. The van der Waals surface area contributed by atoms with Gasteiger partial charge in [0.15, 0.2) is 11.6 Å². The third-order valence-electron chi connectivity index (χ3n) is 9.36. The quantitative estimate of drug-likeness (QED) is 0.131. The summed E-state index contributed by atoms with van der Waals surface area (Å²) in [7, 11) is 3.09. The van der Waals surface area contributed by atoms with Crippen LogP contribution in [0.2, 0.25) is 0 Å². The SMILES string of the molecule is COc1cc(OC)c2c(c1)Oc1ccc(Br)cc1CC2=O.O=C1Cc2cc(Br)ccc2Oc2cc(O)cc(O)c21.Oc1cc(O)c2c(c1)Oc1ccc(Br)cc1CC2. The summed E-state index contributed by atoms with van der Waals surface area (Å²) < 4.78 is 30.6. The molecule has 0 saturated heterocycles. The molecule has 0 unspecified atom stereocenters. The molecule has 0 radical (unpaired) electrons. The Hall–Kier alpha value is -5.70. The second-order valence-corrected chi connectivity index (χ2v) is 16.0. The first-order chi connectivity index (χ1) is 27.8. The van der Waals surface area contributed by atoms with E-state index in [4.69, 9.17) is 23.7 Å². The third-order valence-corrected chi connectivity index (χ3v) is 10.8. The molecule has 0 aliphatic carbocycles. The topological polar surface area (TPSA) is 161 Å². The number of hydrogen-bond acceptors (Lipinski definition) is 11. The summed E-state index contributed by atoms with van der Waals surface area (Å²) in [6.07, 6.45) is 1.88. The van der Waals surface area contributed by atoms with Crippen molar-refractivity contribution < 1.29 is 53.7 Å². The number of fused-ring (bicyclic) bond motifs is 6. The van der Waals surface area contributed by atoms with Gasteiger partial charge in [0.25, 0.3) is 0 Å². The number of hydrogen-bond donors (Lipinski definition) is 4. The van der Waals surface area contributed by atoms with Gasteiger partial charge in [0.2, 0.25) is 0 Å². The van der Waals surface area contributed by atoms with Gasteiger partial charge >= 0.3 is 0 Å². The highest BCUT2D eigenvalue weighted by Crippen LogP contribution is 2.44. The number of ketones is 2. The number of aromatic hydroxyl groups is 4. The van der Waals surface area contributed by atoms with Crippen molar-refractivity contribution in [2.45, 2.75) is 25.7 Å². The first kappa shape index (κ1) is 40.5. The van der Waals surface area contributed by atoms with Crippen LogP contribution in [0.25, 0.3) is 0 Å². The summed E-state index contributed by atoms with van der Waals surface area (Å²) in [5.74, 6) is 3.54. The molecule has 11 nitrogen and oxygen atoms in total. The summed E-state index contributed by atoms with van der Waals surface area (Å²) in [4.78, 5) is 24.7. The summed E-state index contributed by atoms with van der Waals surface area (Å²) in [6, 6.07) is 25.5. The van der Waals surface area contributed by atoms with E-state index in [-0.39, 0.29) is 58.7 Å². The molecular weight excluding hydrogens is 944 g/mol. The third kappa shape index (κ3) is 8.74. The molecule has 0 saturated carbocycles. The number of halogens is 3. The van der Waals surface area contributed by atoms with E-state index in [1.54, 1.807) is 37.4 Å². The van der Waals surface area contributed by atoms with Gasteiger partial charge < -0.3 is 44.1 Å². The second kappa shape index (κ2) is 17.0. The number of carbonyl (C=O) groups is 2. The van der Waals surface area contributed by atoms with Gasteiger partial charge in [0, 0.05) is 79.3 Å². The maximum absolute atomic E-state index is 12.5. The molecule has 0 atom stereocenters. The normalized spacial score (nSPS) is 13.1. The van der Waals surface area contributed by atoms with E-state index in [0.717, 1.165) is 53.9 Å². The molecular formula is C44H33Br3O11. The summed E-state index contributed by atoms with van der Waals surface area (Å²) >= 11 is 10.2. The number of ether oxygens (including phenoxy) is 5. The number of phenolic OH excluding ortho intramolecular Hbond substituents is 4. The van der Waals surface area contributed by atoms with Gasteiger partial charge in [-0.05, 0) is 73.0 Å². The van der Waals surface area contributed by atoms with Crippen LogP contribution in [0, 0.1) is 0 Å². The van der Waals surface area contributed by atoms with Gasteiger partial charge in [0.05, 0.1) is 14.2 Å². The van der Waals surface area contributed by atoms with Crippen molar-refractivity contribution in [1.82, 2.24) is 0 Å². The van der Waals surface area contributed by atoms with E-state index in [9.17, 15) is 30.0 Å². The number of Topliss-reactive ketones (excluding diaryl/α,β-unsaturated/α-hetero) is 2. The van der Waals surface area contributed by atoms with Crippen LogP contribution in [0.4, 0.5) is 0 Å². The fourth-order valence-corrected chi connectivity index (χ4v) is 7.88. The molecule has 0 amide bonds. The minimum absolute atomic E-state index is 0.00631. The van der Waals surface area contributed by atoms with Crippen molar-refractivity contribution in [2.24, 2.45) is 0 Å². The number of benzene rings is 6. The second-order valence-electron chi connectivity index (χ2n) is 13.2. The highest BCUT2D eigenvalue weighted by Gasteiger charge is 2.27. The Bertz CT molecular complexity index is 2610. The van der Waals surface area contributed by atoms with Gasteiger partial charge in [-0.15, -0.1) is 0 Å². The number of carbonyl (C=O) groups excluding carboxylic acids is 2. The number of phenols is 4. The van der Waals surface area contributed by atoms with E-state index in [1.165, 1.54) is 25.3 Å². The predicted molar refractivity (Wildman–Crippen MR) is 225 cm³/mol. The van der Waals surface area contributed by atoms with E-state index >= 15 is 0 Å². The average molecular weight is 977 g/mol. The maximum Gasteiger partial charge on any atom is 0.174 e. The Kier molecular flexibility index (Phi) is 11.9. The predicted octanol–water partition coefficient (Wildman–Crippen LogP) is 11.1. The molecule has 14 heteroatoms. The number of aryl methyl sites for hydroxylation is 1. The Balaban J connectivity index is 0.000000133. The molecule has 296 valence electrons. The molecule has 0 bridgehead atoms. The fraction of sp³-hybridized carbons (Fsp3) is 0.136. The van der Waals surface area contributed by atoms with Gasteiger partial charge in [-0.25, -0.2) is 0 Å². The summed E-state index contributed by atoms with van der Waals surface area (Å²) in [6.45, 7) is 0. The monoisotopic (exact) mass is 974 g/mol. The lowest BCUT2D eigenvalue weighted by Gasteiger charge is -2.13. The Morgan fingerprint density at radius 2 is 0.983 bits per heavy atom. The number of rotatable bonds is 2. The lowest BCUT2D eigenvalue weighted by Crippen LogP contribution is -2.05. The zero-order chi connectivity index (χ0) is 41.2. The largest absolute Gasteiger partial charge is 0.508 e. The van der Waals surface area contributed by atoms with Gasteiger partial charge in [-0.3, -0.25) is 9.59 Å². The van der Waals surface area contributed by atoms with E-state index in [1.807, 2.05) is 36.4 Å². The van der Waals surface area contributed by atoms with E-state index in [2.05, 4.69) is 47.8 Å². The fourth-order valence-electron chi connectivity index (χ4n) is 6.66. The lowest BCUT2D eigenvalue weighted by molar-refractivity contribution is 0.0982. The molecule has 9 rings (SSSR count). The van der Waals surface area contributed by atoms with Crippen molar-refractivity contribution in [3.8, 4) is 69.0 Å². The van der Waals surface area contributed by atoms with Crippen molar-refractivity contribution in [2.75, 3.05) is 14.2 Å². The highest BCUT2D eigenvalue weighted by molar-refractivity contribution is 9.11. The smallest absolute Gasteiger partial charge is 0.174 e. The molecule has 58 heavy (non-hydrogen) atoms. The van der Waals surface area contributed by atoms with Crippen molar-refractivity contribution in [3.05, 3.63) is 138 Å². The maximum atomic E-state index is 12.5. The van der Waals surface area contributed by atoms with Gasteiger partial charge in [-0.1, -0.05) is 47.8 Å². The minimum Gasteiger partial charge on any atom is -0.508 e. The van der Waals surface area contributed by atoms with Gasteiger partial charge in [0.1, 0.15) is 80.1 Å². The molecule has 6 aromatic rings. The van der Waals surface area contributed by atoms with Crippen LogP contribution in [0.15, 0.2) is 104 Å². The molecule has 0 aromatic heterocycles. The molecule has 0 fully saturated rings. The summed E-state index contributed by atoms with van der Waals surface area (Å²) in [5, 5.41) is 38.6. The van der Waals surface area contributed by atoms with Crippen molar-refractivity contribution in [1.29, 1.82) is 0 Å². The molecule has 6 aromatic carbocycles. The van der Waals surface area contributed by atoms with Crippen molar-refractivity contribution in [3.63, 3.8) is 0 Å². The van der Waals surface area contributed by atoms with E-state index < -0.39 is 0 Å². The highest BCUT2D eigenvalue weighted by atomic mass is 79.9. The Morgan fingerprint density at radius 1 is 0.500 bits per heavy atom. The Labute approximate surface area is 357 Å². The summed E-state index contributed by atoms with van der Waals surface area (Å²) in [5.41, 5.74) is 3.94. The van der Waals surface area contributed by atoms with Crippen LogP contribution in [0.5, 0.6) is 69.0 Å². The van der Waals surface area contributed by atoms with Crippen molar-refractivity contribution >= 4 is 59.4 Å². The van der Waals surface area contributed by atoms with Crippen LogP contribution in [-0.4, -0.2) is 46.2 Å². The zero-order valence-corrected chi connectivity index (χ0v) is 35.5. The molecule has 4 N–H and O–H groups in total. The van der Waals surface area contributed by atoms with Crippen LogP contribution in [0.3, 0.4) is 0 Å². The molecule has 3 aliphatic rings. The minimum atomic E-state index is -0.271. The van der Waals surface area contributed by atoms with Gasteiger partial charge in [-0.2, -0.15) is 0 Å². The standard InChI is InChI=1S/C16H13BrO4.C14H9BrO4.C14H11BrO3/c1-19-11-7-14(20-2)16-12(18)6-9-5-10(17)3-4-13(9)21-15(16)8-11;15-8-1-2-12-7(3-8)4-10(17)14-11(18)5-9(16)6-13(14)19-12;15-9-2-4-13-8(5-9)1-3-11-12(17)6-10(16)7-14(11)18-13/h3-5,7-8H,6H2,1-2H3;1-3,5-6,16,18H,4H2;2,4-7,16-17H,1,3H2. The molecule has 3 heterocycles. The first-order valence-corrected chi connectivity index (χ1v) is 20.0. The lowest BCUT2D eigenvalue weighted by atomic mass is 10.0. The van der Waals surface area contributed by atoms with Crippen LogP contribution in [0.1, 0.15) is 43.0 Å². The molecule has 3 aliphatic heterocycles. The average Bonchev–Trinajstić information content (AvgIpc) is 3.51. The van der Waals surface area contributed by atoms with E-state index in [0.29, 0.717) is 46.5 Å².